The van der Waals surface area contributed by atoms with Gasteiger partial charge in [0.25, 0.3) is 5.91 Å². The fourth-order valence-electron chi connectivity index (χ4n) is 2.37. The van der Waals surface area contributed by atoms with E-state index in [9.17, 15) is 9.18 Å². The van der Waals surface area contributed by atoms with E-state index in [1.165, 1.54) is 37.7 Å². The van der Waals surface area contributed by atoms with Crippen molar-refractivity contribution in [3.05, 3.63) is 64.2 Å². The van der Waals surface area contributed by atoms with E-state index < -0.39 is 0 Å². The number of hydrogen-bond donors (Lipinski definition) is 1. The van der Waals surface area contributed by atoms with Gasteiger partial charge in [-0.1, -0.05) is 23.7 Å². The van der Waals surface area contributed by atoms with Crippen LogP contribution in [0.5, 0.6) is 11.5 Å². The number of benzene rings is 2. The summed E-state index contributed by atoms with van der Waals surface area (Å²) in [4.78, 5) is 13.9. The lowest BCUT2D eigenvalue weighted by molar-refractivity contribution is 0.103. The first-order valence-electron chi connectivity index (χ1n) is 7.60. The lowest BCUT2D eigenvalue weighted by atomic mass is 10.2. The van der Waals surface area contributed by atoms with E-state index in [1.54, 1.807) is 30.3 Å². The average molecular weight is 392 g/mol. The number of amides is 1. The highest BCUT2D eigenvalue weighted by atomic mass is 35.5. The second-order valence-electron chi connectivity index (χ2n) is 5.31. The second-order valence-corrected chi connectivity index (χ2v) is 6.80. The van der Waals surface area contributed by atoms with Crippen molar-refractivity contribution >= 4 is 34.5 Å². The van der Waals surface area contributed by atoms with Crippen LogP contribution in [0, 0.1) is 5.82 Å². The van der Waals surface area contributed by atoms with Crippen molar-refractivity contribution in [1.29, 1.82) is 0 Å². The Labute approximate surface area is 159 Å². The van der Waals surface area contributed by atoms with Gasteiger partial charge < -0.3 is 14.8 Å². The molecular weight excluding hydrogens is 377 g/mol. The van der Waals surface area contributed by atoms with Crippen LogP contribution >= 0.6 is 22.9 Å². The molecule has 26 heavy (non-hydrogen) atoms. The maximum atomic E-state index is 13.0. The molecule has 1 aromatic heterocycles. The normalized spacial score (nSPS) is 10.5. The minimum Gasteiger partial charge on any atom is -0.495 e. The molecule has 0 aliphatic carbocycles. The molecule has 0 aliphatic rings. The van der Waals surface area contributed by atoms with Crippen LogP contribution in [-0.4, -0.2) is 20.1 Å². The summed E-state index contributed by atoms with van der Waals surface area (Å²) in [5.74, 6) is 0.306. The van der Waals surface area contributed by atoms with Crippen molar-refractivity contribution in [2.75, 3.05) is 19.5 Å². The summed E-state index contributed by atoms with van der Waals surface area (Å²) in [6.07, 6.45) is 0. The Morgan fingerprint density at radius 1 is 1.04 bits per heavy atom. The molecule has 1 heterocycles. The Morgan fingerprint density at radius 2 is 1.73 bits per heavy atom. The predicted molar refractivity (Wildman–Crippen MR) is 102 cm³/mol. The summed E-state index contributed by atoms with van der Waals surface area (Å²) in [5.41, 5.74) is 1.29. The van der Waals surface area contributed by atoms with E-state index in [0.29, 0.717) is 27.1 Å². The van der Waals surface area contributed by atoms with Gasteiger partial charge in [-0.25, -0.2) is 4.39 Å². The maximum absolute atomic E-state index is 13.0. The summed E-state index contributed by atoms with van der Waals surface area (Å²) < 4.78 is 23.5. The minimum absolute atomic E-state index is 0.289. The van der Waals surface area contributed by atoms with Crippen LogP contribution in [0.2, 0.25) is 5.02 Å². The first-order valence-corrected chi connectivity index (χ1v) is 8.80. The lowest BCUT2D eigenvalue weighted by Crippen LogP contribution is -2.11. The zero-order valence-electron chi connectivity index (χ0n) is 14.0. The van der Waals surface area contributed by atoms with Crippen molar-refractivity contribution in [2.24, 2.45) is 0 Å². The first kappa shape index (κ1) is 18.2. The van der Waals surface area contributed by atoms with Crippen LogP contribution in [0.4, 0.5) is 10.1 Å². The number of carbonyl (C=O) groups excluding carboxylic acids is 1. The van der Waals surface area contributed by atoms with Gasteiger partial charge in [0.15, 0.2) is 0 Å². The second kappa shape index (κ2) is 7.76. The molecule has 0 aliphatic heterocycles. The van der Waals surface area contributed by atoms with Gasteiger partial charge in [0.1, 0.15) is 17.3 Å². The highest BCUT2D eigenvalue weighted by molar-refractivity contribution is 7.17. The molecule has 1 amide bonds. The Hall–Kier alpha value is -2.57. The SMILES string of the molecule is COc1cc(OC)c(NC(=O)c2ccc(-c3ccc(F)cc3)s2)cc1Cl. The molecule has 134 valence electrons. The third kappa shape index (κ3) is 3.81. The zero-order chi connectivity index (χ0) is 18.7. The number of halogens is 2. The van der Waals surface area contributed by atoms with E-state index >= 15 is 0 Å². The Morgan fingerprint density at radius 3 is 2.38 bits per heavy atom. The number of nitrogens with one attached hydrogen (secondary N) is 1. The molecule has 4 nitrogen and oxygen atoms in total. The van der Waals surface area contributed by atoms with Crippen molar-refractivity contribution in [3.8, 4) is 21.9 Å². The fourth-order valence-corrected chi connectivity index (χ4v) is 3.52. The number of methoxy groups -OCH3 is 2. The average Bonchev–Trinajstić information content (AvgIpc) is 3.13. The molecular formula is C19H15ClFNO3S. The van der Waals surface area contributed by atoms with Crippen molar-refractivity contribution in [3.63, 3.8) is 0 Å². The number of carbonyl (C=O) groups is 1. The number of ether oxygens (including phenoxy) is 2. The molecule has 1 N–H and O–H groups in total. The van der Waals surface area contributed by atoms with Gasteiger partial charge in [-0.3, -0.25) is 4.79 Å². The van der Waals surface area contributed by atoms with E-state index in [-0.39, 0.29) is 11.7 Å². The molecule has 7 heteroatoms. The largest absolute Gasteiger partial charge is 0.495 e. The van der Waals surface area contributed by atoms with Gasteiger partial charge in [0.05, 0.1) is 29.8 Å². The van der Waals surface area contributed by atoms with Crippen LogP contribution in [0.1, 0.15) is 9.67 Å². The van der Waals surface area contributed by atoms with Gasteiger partial charge in [-0.15, -0.1) is 11.3 Å². The molecule has 2 aromatic carbocycles. The quantitative estimate of drug-likeness (QED) is 0.626. The van der Waals surface area contributed by atoms with Crippen LogP contribution in [0.3, 0.4) is 0 Å². The first-order chi connectivity index (χ1) is 12.5. The smallest absolute Gasteiger partial charge is 0.265 e. The highest BCUT2D eigenvalue weighted by Crippen LogP contribution is 2.36. The third-order valence-corrected chi connectivity index (χ3v) is 5.11. The van der Waals surface area contributed by atoms with Crippen molar-refractivity contribution in [2.45, 2.75) is 0 Å². The number of hydrogen-bond acceptors (Lipinski definition) is 4. The number of rotatable bonds is 5. The molecule has 0 fully saturated rings. The third-order valence-electron chi connectivity index (χ3n) is 3.68. The molecule has 0 saturated carbocycles. The standard InChI is InChI=1S/C19H15ClFNO3S/c1-24-15-10-16(25-2)14(9-13(15)20)22-19(23)18-8-7-17(26-18)11-3-5-12(21)6-4-11/h3-10H,1-2H3,(H,22,23). The predicted octanol–water partition coefficient (Wildman–Crippen LogP) is 5.48. The van der Waals surface area contributed by atoms with E-state index in [2.05, 4.69) is 5.32 Å². The van der Waals surface area contributed by atoms with E-state index in [4.69, 9.17) is 21.1 Å². The monoisotopic (exact) mass is 391 g/mol. The molecule has 0 unspecified atom stereocenters. The van der Waals surface area contributed by atoms with Gasteiger partial charge in [-0.05, 0) is 35.9 Å². The summed E-state index contributed by atoms with van der Waals surface area (Å²) in [6.45, 7) is 0. The number of thiophene rings is 1. The Kier molecular flexibility index (Phi) is 5.44. The van der Waals surface area contributed by atoms with E-state index in [0.717, 1.165) is 10.4 Å². The van der Waals surface area contributed by atoms with E-state index in [1.807, 2.05) is 6.07 Å². The Balaban J connectivity index is 1.83. The fraction of sp³-hybridized carbons (Fsp3) is 0.105. The lowest BCUT2D eigenvalue weighted by Gasteiger charge is -2.12. The molecule has 0 radical (unpaired) electrons. The molecule has 0 atom stereocenters. The van der Waals surface area contributed by atoms with Crippen LogP contribution < -0.4 is 14.8 Å². The topological polar surface area (TPSA) is 47.6 Å². The summed E-state index contributed by atoms with van der Waals surface area (Å²) >= 11 is 7.44. The van der Waals surface area contributed by atoms with Crippen molar-refractivity contribution < 1.29 is 18.7 Å². The minimum atomic E-state index is -0.299. The van der Waals surface area contributed by atoms with Gasteiger partial charge in [0.2, 0.25) is 0 Å². The van der Waals surface area contributed by atoms with Crippen LogP contribution in [0.15, 0.2) is 48.5 Å². The van der Waals surface area contributed by atoms with Crippen molar-refractivity contribution in [1.82, 2.24) is 0 Å². The molecule has 0 saturated heterocycles. The van der Waals surface area contributed by atoms with Gasteiger partial charge in [-0.2, -0.15) is 0 Å². The van der Waals surface area contributed by atoms with Gasteiger partial charge >= 0.3 is 0 Å². The molecule has 0 spiro atoms. The van der Waals surface area contributed by atoms with Crippen LogP contribution in [0.25, 0.3) is 10.4 Å². The maximum Gasteiger partial charge on any atom is 0.265 e. The summed E-state index contributed by atoms with van der Waals surface area (Å²) in [5, 5.41) is 3.15. The Bertz CT molecular complexity index is 940. The number of anilines is 1. The summed E-state index contributed by atoms with van der Waals surface area (Å²) in [6, 6.07) is 12.9. The molecule has 3 rings (SSSR count). The highest BCUT2D eigenvalue weighted by Gasteiger charge is 2.15. The molecule has 0 bridgehead atoms. The zero-order valence-corrected chi connectivity index (χ0v) is 15.6. The summed E-state index contributed by atoms with van der Waals surface area (Å²) in [7, 11) is 3.00. The van der Waals surface area contributed by atoms with Crippen LogP contribution in [-0.2, 0) is 0 Å². The van der Waals surface area contributed by atoms with Gasteiger partial charge in [0, 0.05) is 10.9 Å². The molecule has 3 aromatic rings.